The Morgan fingerprint density at radius 2 is 2.50 bits per heavy atom. The fourth-order valence-corrected chi connectivity index (χ4v) is 1.87. The first-order valence-electron chi connectivity index (χ1n) is 5.11. The standard InChI is InChI=1S/C11H13ClN2O2/c1-11(4-6-16-7-11)14-10(15)8-3-2-5-13-9(8)12/h2-3,5H,4,6-7H2,1H3,(H,14,15). The topological polar surface area (TPSA) is 51.2 Å². The van der Waals surface area contributed by atoms with Crippen molar-refractivity contribution in [2.75, 3.05) is 13.2 Å². The van der Waals surface area contributed by atoms with Crippen molar-refractivity contribution >= 4 is 17.5 Å². The molecule has 0 aromatic carbocycles. The normalized spacial score (nSPS) is 24.4. The van der Waals surface area contributed by atoms with E-state index in [-0.39, 0.29) is 16.6 Å². The molecule has 0 saturated carbocycles. The van der Waals surface area contributed by atoms with Crippen molar-refractivity contribution in [3.63, 3.8) is 0 Å². The Hall–Kier alpha value is -1.13. The van der Waals surface area contributed by atoms with Crippen LogP contribution in [0.4, 0.5) is 0 Å². The maximum Gasteiger partial charge on any atom is 0.254 e. The summed E-state index contributed by atoms with van der Waals surface area (Å²) in [5.74, 6) is -0.203. The number of hydrogen-bond donors (Lipinski definition) is 1. The minimum absolute atomic E-state index is 0.203. The van der Waals surface area contributed by atoms with Gasteiger partial charge in [-0.1, -0.05) is 11.6 Å². The number of rotatable bonds is 2. The van der Waals surface area contributed by atoms with E-state index in [1.807, 2.05) is 6.92 Å². The summed E-state index contributed by atoms with van der Waals surface area (Å²) < 4.78 is 5.26. The number of ether oxygens (including phenoxy) is 1. The zero-order chi connectivity index (χ0) is 11.6. The molecule has 16 heavy (non-hydrogen) atoms. The zero-order valence-electron chi connectivity index (χ0n) is 9.00. The molecule has 1 aliphatic rings. The second-order valence-electron chi connectivity index (χ2n) is 4.16. The van der Waals surface area contributed by atoms with Crippen LogP contribution in [0.2, 0.25) is 5.15 Å². The zero-order valence-corrected chi connectivity index (χ0v) is 9.75. The summed E-state index contributed by atoms with van der Waals surface area (Å²) in [5.41, 5.74) is 0.105. The monoisotopic (exact) mass is 240 g/mol. The average Bonchev–Trinajstić information content (AvgIpc) is 2.65. The number of pyridine rings is 1. The second kappa shape index (κ2) is 4.39. The van der Waals surface area contributed by atoms with Gasteiger partial charge in [-0.3, -0.25) is 4.79 Å². The molecule has 1 N–H and O–H groups in total. The third-order valence-electron chi connectivity index (χ3n) is 2.64. The van der Waals surface area contributed by atoms with Crippen molar-refractivity contribution in [3.05, 3.63) is 29.0 Å². The van der Waals surface area contributed by atoms with Gasteiger partial charge in [0.15, 0.2) is 0 Å². The van der Waals surface area contributed by atoms with E-state index < -0.39 is 0 Å². The molecule has 0 bridgehead atoms. The molecule has 1 saturated heterocycles. The Kier molecular flexibility index (Phi) is 3.12. The lowest BCUT2D eigenvalue weighted by molar-refractivity contribution is 0.0889. The van der Waals surface area contributed by atoms with Crippen molar-refractivity contribution in [1.82, 2.24) is 10.3 Å². The Morgan fingerprint density at radius 3 is 3.12 bits per heavy atom. The molecular weight excluding hydrogens is 228 g/mol. The number of hydrogen-bond acceptors (Lipinski definition) is 3. The molecule has 1 fully saturated rings. The molecule has 1 aromatic rings. The summed E-state index contributed by atoms with van der Waals surface area (Å²) in [5, 5.41) is 3.15. The number of carbonyl (C=O) groups excluding carboxylic acids is 1. The molecule has 0 spiro atoms. The highest BCUT2D eigenvalue weighted by Gasteiger charge is 2.31. The molecule has 4 nitrogen and oxygen atoms in total. The maximum absolute atomic E-state index is 11.9. The van der Waals surface area contributed by atoms with Crippen molar-refractivity contribution in [3.8, 4) is 0 Å². The number of amides is 1. The Bertz CT molecular complexity index is 403. The summed E-state index contributed by atoms with van der Waals surface area (Å²) in [6.45, 7) is 3.18. The Balaban J connectivity index is 2.11. The summed E-state index contributed by atoms with van der Waals surface area (Å²) in [7, 11) is 0. The fraction of sp³-hybridized carbons (Fsp3) is 0.455. The van der Waals surface area contributed by atoms with E-state index in [9.17, 15) is 4.79 Å². The predicted octanol–water partition coefficient (Wildman–Crippen LogP) is 1.64. The first-order chi connectivity index (χ1) is 7.61. The molecule has 1 amide bonds. The third-order valence-corrected chi connectivity index (χ3v) is 2.94. The van der Waals surface area contributed by atoms with E-state index in [0.29, 0.717) is 18.8 Å². The largest absolute Gasteiger partial charge is 0.379 e. The van der Waals surface area contributed by atoms with Crippen LogP contribution < -0.4 is 5.32 Å². The molecule has 1 aliphatic heterocycles. The molecule has 1 atom stereocenters. The lowest BCUT2D eigenvalue weighted by Crippen LogP contribution is -2.46. The van der Waals surface area contributed by atoms with Gasteiger partial charge in [0.1, 0.15) is 5.15 Å². The molecule has 2 rings (SSSR count). The van der Waals surface area contributed by atoms with Gasteiger partial charge in [-0.25, -0.2) is 4.98 Å². The highest BCUT2D eigenvalue weighted by Crippen LogP contribution is 2.19. The van der Waals surface area contributed by atoms with E-state index in [1.54, 1.807) is 18.3 Å². The van der Waals surface area contributed by atoms with E-state index in [1.165, 1.54) is 0 Å². The van der Waals surface area contributed by atoms with Crippen molar-refractivity contribution < 1.29 is 9.53 Å². The van der Waals surface area contributed by atoms with E-state index in [0.717, 1.165) is 6.42 Å². The van der Waals surface area contributed by atoms with Crippen LogP contribution in [-0.4, -0.2) is 29.6 Å². The van der Waals surface area contributed by atoms with Gasteiger partial charge >= 0.3 is 0 Å². The minimum atomic E-state index is -0.295. The third kappa shape index (κ3) is 2.33. The number of nitrogens with zero attached hydrogens (tertiary/aromatic N) is 1. The van der Waals surface area contributed by atoms with E-state index >= 15 is 0 Å². The van der Waals surface area contributed by atoms with Gasteiger partial charge in [0.05, 0.1) is 17.7 Å². The van der Waals surface area contributed by atoms with Gasteiger partial charge in [-0.2, -0.15) is 0 Å². The average molecular weight is 241 g/mol. The minimum Gasteiger partial charge on any atom is -0.379 e. The lowest BCUT2D eigenvalue weighted by atomic mass is 10.0. The fourth-order valence-electron chi connectivity index (χ4n) is 1.66. The molecule has 2 heterocycles. The smallest absolute Gasteiger partial charge is 0.254 e. The molecule has 86 valence electrons. The molecule has 5 heteroatoms. The quantitative estimate of drug-likeness (QED) is 0.800. The van der Waals surface area contributed by atoms with Crippen LogP contribution in [-0.2, 0) is 4.74 Å². The van der Waals surface area contributed by atoms with Gasteiger partial charge in [0.2, 0.25) is 0 Å². The van der Waals surface area contributed by atoms with Crippen molar-refractivity contribution in [1.29, 1.82) is 0 Å². The van der Waals surface area contributed by atoms with Crippen molar-refractivity contribution in [2.24, 2.45) is 0 Å². The van der Waals surface area contributed by atoms with Crippen molar-refractivity contribution in [2.45, 2.75) is 18.9 Å². The van der Waals surface area contributed by atoms with Crippen LogP contribution in [0, 0.1) is 0 Å². The molecule has 0 aliphatic carbocycles. The van der Waals surface area contributed by atoms with Crippen LogP contribution in [0.15, 0.2) is 18.3 Å². The Morgan fingerprint density at radius 1 is 1.69 bits per heavy atom. The number of halogens is 1. The van der Waals surface area contributed by atoms with E-state index in [2.05, 4.69) is 10.3 Å². The highest BCUT2D eigenvalue weighted by molar-refractivity contribution is 6.32. The Labute approximate surface area is 99.0 Å². The van der Waals surface area contributed by atoms with E-state index in [4.69, 9.17) is 16.3 Å². The first kappa shape index (κ1) is 11.4. The van der Waals surface area contributed by atoms with Crippen LogP contribution in [0.25, 0.3) is 0 Å². The summed E-state index contributed by atoms with van der Waals surface area (Å²) in [6.07, 6.45) is 2.37. The van der Waals surface area contributed by atoms with Gasteiger partial charge in [-0.15, -0.1) is 0 Å². The van der Waals surface area contributed by atoms with Gasteiger partial charge in [-0.05, 0) is 25.5 Å². The summed E-state index contributed by atoms with van der Waals surface area (Å²) in [6, 6.07) is 3.35. The van der Waals surface area contributed by atoms with Gasteiger partial charge < -0.3 is 10.1 Å². The van der Waals surface area contributed by atoms with Crippen LogP contribution in [0.3, 0.4) is 0 Å². The lowest BCUT2D eigenvalue weighted by Gasteiger charge is -2.23. The molecule has 0 radical (unpaired) electrons. The first-order valence-corrected chi connectivity index (χ1v) is 5.49. The molecule has 1 aromatic heterocycles. The predicted molar refractivity (Wildman–Crippen MR) is 60.6 cm³/mol. The number of nitrogens with one attached hydrogen (secondary N) is 1. The number of carbonyl (C=O) groups is 1. The highest BCUT2D eigenvalue weighted by atomic mass is 35.5. The second-order valence-corrected chi connectivity index (χ2v) is 4.52. The maximum atomic E-state index is 11.9. The molecule has 1 unspecified atom stereocenters. The van der Waals surface area contributed by atoms with Crippen LogP contribution in [0.5, 0.6) is 0 Å². The van der Waals surface area contributed by atoms with Crippen LogP contribution in [0.1, 0.15) is 23.7 Å². The summed E-state index contributed by atoms with van der Waals surface area (Å²) >= 11 is 5.85. The molecular formula is C11H13ClN2O2. The summed E-state index contributed by atoms with van der Waals surface area (Å²) in [4.78, 5) is 15.8. The van der Waals surface area contributed by atoms with Gasteiger partial charge in [0.25, 0.3) is 5.91 Å². The van der Waals surface area contributed by atoms with Crippen LogP contribution >= 0.6 is 11.6 Å². The van der Waals surface area contributed by atoms with Gasteiger partial charge in [0, 0.05) is 12.8 Å². The SMILES string of the molecule is CC1(NC(=O)c2cccnc2Cl)CCOC1. The number of aromatic nitrogens is 1.